The van der Waals surface area contributed by atoms with Gasteiger partial charge in [0.25, 0.3) is 0 Å². The average molecular weight is 531 g/mol. The van der Waals surface area contributed by atoms with E-state index in [2.05, 4.69) is 62.5 Å². The second-order valence-corrected chi connectivity index (χ2v) is 11.2. The van der Waals surface area contributed by atoms with Gasteiger partial charge in [-0.1, -0.05) is 140 Å². The summed E-state index contributed by atoms with van der Waals surface area (Å²) in [5.41, 5.74) is 0. The largest absolute Gasteiger partial charge is 0.390 e. The van der Waals surface area contributed by atoms with E-state index in [1.807, 2.05) is 0 Å². The van der Waals surface area contributed by atoms with Crippen molar-refractivity contribution in [2.75, 3.05) is 0 Å². The molecule has 38 heavy (non-hydrogen) atoms. The van der Waals surface area contributed by atoms with Crippen LogP contribution in [0.4, 0.5) is 0 Å². The monoisotopic (exact) mass is 531 g/mol. The summed E-state index contributed by atoms with van der Waals surface area (Å²) in [4.78, 5) is 0. The lowest BCUT2D eigenvalue weighted by Gasteiger charge is -2.17. The molecule has 0 aliphatic carbocycles. The quantitative estimate of drug-likeness (QED) is 0.0745. The third-order valence-corrected chi connectivity index (χ3v) is 7.35. The number of rotatable bonds is 29. The minimum Gasteiger partial charge on any atom is -0.390 e. The number of aliphatic hydroxyl groups is 2. The van der Waals surface area contributed by atoms with Gasteiger partial charge < -0.3 is 10.2 Å². The highest BCUT2D eigenvalue weighted by molar-refractivity contribution is 4.93. The maximum absolute atomic E-state index is 10.3. The Morgan fingerprint density at radius 3 is 1.00 bits per heavy atom. The summed E-state index contributed by atoms with van der Waals surface area (Å²) in [6, 6.07) is 0. The first-order valence-corrected chi connectivity index (χ1v) is 16.7. The zero-order valence-corrected chi connectivity index (χ0v) is 25.6. The molecule has 0 rings (SSSR count). The lowest BCUT2D eigenvalue weighted by atomic mass is 9.99. The van der Waals surface area contributed by atoms with E-state index in [1.54, 1.807) is 0 Å². The summed E-state index contributed by atoms with van der Waals surface area (Å²) in [5.74, 6) is 0. The van der Waals surface area contributed by atoms with E-state index in [9.17, 15) is 10.2 Å². The Labute approximate surface area is 238 Å². The summed E-state index contributed by atoms with van der Waals surface area (Å²) in [6.45, 7) is 4.50. The van der Waals surface area contributed by atoms with Gasteiger partial charge in [-0.3, -0.25) is 0 Å². The Morgan fingerprint density at radius 1 is 0.368 bits per heavy atom. The normalized spacial score (nSPS) is 14.1. The fraction of sp³-hybridized carbons (Fsp3) is 0.778. The van der Waals surface area contributed by atoms with E-state index in [4.69, 9.17) is 0 Å². The molecule has 2 N–H and O–H groups in total. The van der Waals surface area contributed by atoms with Crippen LogP contribution >= 0.6 is 0 Å². The first kappa shape index (κ1) is 36.9. The molecule has 2 nitrogen and oxygen atoms in total. The van der Waals surface area contributed by atoms with Crippen LogP contribution in [0.25, 0.3) is 0 Å². The first-order chi connectivity index (χ1) is 18.7. The smallest absolute Gasteiger partial charge is 0.0799 e. The van der Waals surface area contributed by atoms with E-state index >= 15 is 0 Å². The van der Waals surface area contributed by atoms with Crippen molar-refractivity contribution in [3.05, 3.63) is 48.6 Å². The van der Waals surface area contributed by atoms with Crippen molar-refractivity contribution in [1.82, 2.24) is 0 Å². The Kier molecular flexibility index (Phi) is 31.1. The van der Waals surface area contributed by atoms with Crippen LogP contribution in [0.2, 0.25) is 0 Å². The Hall–Kier alpha value is -1.12. The fourth-order valence-electron chi connectivity index (χ4n) is 4.71. The highest BCUT2D eigenvalue weighted by atomic mass is 16.3. The number of allylic oxidation sites excluding steroid dienone is 8. The molecule has 222 valence electrons. The van der Waals surface area contributed by atoms with Crippen LogP contribution in [0.15, 0.2) is 48.6 Å². The van der Waals surface area contributed by atoms with Gasteiger partial charge in [0.15, 0.2) is 0 Å². The SMILES string of the molecule is CCCCC/C=C/C/C=C/CCCCCCCC(O)C(O)CCCCCCC/C=C/C/C=C/CCCCC. The molecule has 0 saturated carbocycles. The summed E-state index contributed by atoms with van der Waals surface area (Å²) < 4.78 is 0. The van der Waals surface area contributed by atoms with Crippen LogP contribution in [0, 0.1) is 0 Å². The third-order valence-electron chi connectivity index (χ3n) is 7.35. The van der Waals surface area contributed by atoms with Gasteiger partial charge in [-0.05, 0) is 77.0 Å². The van der Waals surface area contributed by atoms with E-state index in [0.29, 0.717) is 0 Å². The van der Waals surface area contributed by atoms with Gasteiger partial charge in [0.2, 0.25) is 0 Å². The fourth-order valence-corrected chi connectivity index (χ4v) is 4.71. The topological polar surface area (TPSA) is 40.5 Å². The Bertz CT molecular complexity index is 510. The van der Waals surface area contributed by atoms with Crippen molar-refractivity contribution in [3.63, 3.8) is 0 Å². The van der Waals surface area contributed by atoms with Crippen LogP contribution in [0.5, 0.6) is 0 Å². The van der Waals surface area contributed by atoms with Gasteiger partial charge in [-0.25, -0.2) is 0 Å². The molecule has 2 atom stereocenters. The highest BCUT2D eigenvalue weighted by Crippen LogP contribution is 2.15. The summed E-state index contributed by atoms with van der Waals surface area (Å²) in [7, 11) is 0. The predicted octanol–water partition coefficient (Wildman–Crippen LogP) is 11.3. The number of aliphatic hydroxyl groups excluding tert-OH is 2. The van der Waals surface area contributed by atoms with Crippen LogP contribution in [-0.2, 0) is 0 Å². The maximum Gasteiger partial charge on any atom is 0.0799 e. The molecular weight excluding hydrogens is 464 g/mol. The van der Waals surface area contributed by atoms with Crippen LogP contribution in [0.1, 0.15) is 168 Å². The van der Waals surface area contributed by atoms with Crippen molar-refractivity contribution in [1.29, 1.82) is 0 Å². The van der Waals surface area contributed by atoms with Gasteiger partial charge in [0, 0.05) is 0 Å². The average Bonchev–Trinajstić information content (AvgIpc) is 2.92. The summed E-state index contributed by atoms with van der Waals surface area (Å²) in [5, 5.41) is 20.5. The molecule has 0 aliphatic rings. The van der Waals surface area contributed by atoms with Gasteiger partial charge in [0.1, 0.15) is 0 Å². The summed E-state index contributed by atoms with van der Waals surface area (Å²) >= 11 is 0. The maximum atomic E-state index is 10.3. The predicted molar refractivity (Wildman–Crippen MR) is 171 cm³/mol. The molecule has 0 amide bonds. The molecule has 0 heterocycles. The van der Waals surface area contributed by atoms with Gasteiger partial charge in [0.05, 0.1) is 12.2 Å². The molecule has 0 aromatic heterocycles. The number of hydrogen-bond donors (Lipinski definition) is 2. The Balaban J connectivity index is 3.44. The van der Waals surface area contributed by atoms with Crippen molar-refractivity contribution < 1.29 is 10.2 Å². The van der Waals surface area contributed by atoms with E-state index in [1.165, 1.54) is 103 Å². The van der Waals surface area contributed by atoms with Gasteiger partial charge in [-0.15, -0.1) is 0 Å². The highest BCUT2D eigenvalue weighted by Gasteiger charge is 2.15. The lowest BCUT2D eigenvalue weighted by molar-refractivity contribution is 0.00712. The first-order valence-electron chi connectivity index (χ1n) is 16.7. The van der Waals surface area contributed by atoms with Crippen molar-refractivity contribution in [2.45, 2.75) is 180 Å². The molecule has 0 aromatic carbocycles. The summed E-state index contributed by atoms with van der Waals surface area (Å²) in [6.07, 6.45) is 45.6. The van der Waals surface area contributed by atoms with Crippen molar-refractivity contribution in [3.8, 4) is 0 Å². The Morgan fingerprint density at radius 2 is 0.658 bits per heavy atom. The zero-order valence-electron chi connectivity index (χ0n) is 25.6. The lowest BCUT2D eigenvalue weighted by Crippen LogP contribution is -2.25. The molecule has 0 spiro atoms. The van der Waals surface area contributed by atoms with Crippen molar-refractivity contribution >= 4 is 0 Å². The van der Waals surface area contributed by atoms with Crippen LogP contribution in [-0.4, -0.2) is 22.4 Å². The molecule has 0 fully saturated rings. The standard InChI is InChI=1S/C36H66O2/c1-3-5-7-9-11-13-15-17-19-21-23-25-27-29-31-33-35(37)36(38)34-32-30-28-26-24-22-20-18-16-14-12-10-8-6-4-2/h11-14,17-20,35-38H,3-10,15-16,21-34H2,1-2H3/b13-11+,14-12+,19-17+,20-18+. The van der Waals surface area contributed by atoms with E-state index < -0.39 is 12.2 Å². The molecular formula is C36H66O2. The molecule has 0 aromatic rings. The minimum absolute atomic E-state index is 0.543. The van der Waals surface area contributed by atoms with Crippen molar-refractivity contribution in [2.24, 2.45) is 0 Å². The second kappa shape index (κ2) is 32.1. The zero-order chi connectivity index (χ0) is 27.8. The number of unbranched alkanes of at least 4 members (excludes halogenated alkanes) is 16. The number of hydrogen-bond acceptors (Lipinski definition) is 2. The molecule has 0 radical (unpaired) electrons. The van der Waals surface area contributed by atoms with Crippen LogP contribution < -0.4 is 0 Å². The molecule has 0 aliphatic heterocycles. The van der Waals surface area contributed by atoms with E-state index in [-0.39, 0.29) is 0 Å². The molecule has 0 bridgehead atoms. The molecule has 2 heteroatoms. The van der Waals surface area contributed by atoms with Gasteiger partial charge >= 0.3 is 0 Å². The van der Waals surface area contributed by atoms with Crippen LogP contribution in [0.3, 0.4) is 0 Å². The van der Waals surface area contributed by atoms with E-state index in [0.717, 1.165) is 51.4 Å². The van der Waals surface area contributed by atoms with Gasteiger partial charge in [-0.2, -0.15) is 0 Å². The third kappa shape index (κ3) is 29.4. The minimum atomic E-state index is -0.543. The molecule has 2 unspecified atom stereocenters. The molecule has 0 saturated heterocycles. The second-order valence-electron chi connectivity index (χ2n) is 11.2.